The molecule has 0 unspecified atom stereocenters. The first-order chi connectivity index (χ1) is 14.4. The molecule has 0 atom stereocenters. The van der Waals surface area contributed by atoms with Gasteiger partial charge >= 0.3 is 0 Å². The van der Waals surface area contributed by atoms with Crippen LogP contribution in [0.1, 0.15) is 56.8 Å². The van der Waals surface area contributed by atoms with Crippen molar-refractivity contribution in [3.63, 3.8) is 0 Å². The predicted octanol–water partition coefficient (Wildman–Crippen LogP) is 5.71. The van der Waals surface area contributed by atoms with E-state index in [9.17, 15) is 13.6 Å². The molecule has 1 fully saturated rings. The molecule has 1 spiro atoms. The third-order valence-corrected chi connectivity index (χ3v) is 6.30. The van der Waals surface area contributed by atoms with Gasteiger partial charge in [0.2, 0.25) is 0 Å². The normalized spacial score (nSPS) is 19.7. The number of piperidine rings is 1. The van der Waals surface area contributed by atoms with E-state index in [1.165, 1.54) is 17.7 Å². The fraction of sp³-hybridized carbons (Fsp3) is 0.480. The molecule has 0 bridgehead atoms. The van der Waals surface area contributed by atoms with Gasteiger partial charge < -0.3 is 9.80 Å². The van der Waals surface area contributed by atoms with E-state index in [1.54, 1.807) is 4.90 Å². The second kappa shape index (κ2) is 9.69. The van der Waals surface area contributed by atoms with Crippen molar-refractivity contribution in [1.82, 2.24) is 9.80 Å². The summed E-state index contributed by atoms with van der Waals surface area (Å²) < 4.78 is 28.1. The predicted molar refractivity (Wildman–Crippen MR) is 117 cm³/mol. The number of carbonyl (C=O) groups is 1. The van der Waals surface area contributed by atoms with E-state index in [4.69, 9.17) is 0 Å². The lowest BCUT2D eigenvalue weighted by atomic mass is 9.79. The number of amides is 1. The minimum absolute atomic E-state index is 0.105. The van der Waals surface area contributed by atoms with E-state index in [-0.39, 0.29) is 11.0 Å². The molecule has 0 N–H and O–H groups in total. The van der Waals surface area contributed by atoms with Crippen LogP contribution in [-0.4, -0.2) is 41.9 Å². The Morgan fingerprint density at radius 1 is 1.20 bits per heavy atom. The molecule has 2 heterocycles. The molecule has 1 aromatic carbocycles. The number of hydrogen-bond acceptors (Lipinski definition) is 2. The van der Waals surface area contributed by atoms with E-state index < -0.39 is 17.5 Å². The van der Waals surface area contributed by atoms with Gasteiger partial charge in [0.15, 0.2) is 11.6 Å². The smallest absolute Gasteiger partial charge is 0.261 e. The Balaban J connectivity index is 1.90. The molecular formula is C25H32F2N2O. The molecule has 1 amide bonds. The van der Waals surface area contributed by atoms with Crippen molar-refractivity contribution >= 4 is 5.91 Å². The zero-order chi connectivity index (χ0) is 21.7. The van der Waals surface area contributed by atoms with Crippen LogP contribution in [0.25, 0.3) is 0 Å². The molecule has 1 aromatic rings. The molecule has 2 aliphatic rings. The number of likely N-dealkylation sites (tertiary alicyclic amines) is 1. The van der Waals surface area contributed by atoms with E-state index in [0.29, 0.717) is 6.54 Å². The van der Waals surface area contributed by atoms with Crippen LogP contribution in [-0.2, 0) is 0 Å². The number of carbonyl (C=O) groups excluding carboxylic acids is 1. The summed E-state index contributed by atoms with van der Waals surface area (Å²) in [6, 6.07) is 3.78. The summed E-state index contributed by atoms with van der Waals surface area (Å²) in [5, 5.41) is 0. The Labute approximate surface area is 178 Å². The van der Waals surface area contributed by atoms with Gasteiger partial charge in [0.05, 0.1) is 5.56 Å². The van der Waals surface area contributed by atoms with Crippen molar-refractivity contribution in [3.8, 4) is 0 Å². The summed E-state index contributed by atoms with van der Waals surface area (Å²) in [6.45, 7) is 9.84. The van der Waals surface area contributed by atoms with Crippen molar-refractivity contribution < 1.29 is 13.6 Å². The van der Waals surface area contributed by atoms with Crippen LogP contribution in [0, 0.1) is 17.0 Å². The van der Waals surface area contributed by atoms with Crippen molar-refractivity contribution in [2.24, 2.45) is 5.41 Å². The van der Waals surface area contributed by atoms with Crippen LogP contribution in [0.5, 0.6) is 0 Å². The largest absolute Gasteiger partial charge is 0.308 e. The first kappa shape index (κ1) is 22.4. The molecule has 3 rings (SSSR count). The average molecular weight is 415 g/mol. The minimum atomic E-state index is -1.08. The quantitative estimate of drug-likeness (QED) is 0.557. The molecule has 2 aliphatic heterocycles. The standard InChI is InChI=1S/C25H32F2N2O/c1-4-14-28-15-12-25(13-16-28)17-20(11-10-19(5-2)6-3)29(18-25)24(30)21-8-7-9-22(26)23(21)27/h5,7-11,17H,4,6,12-16,18H2,1-3H3/b11-10-,19-5-. The molecular weight excluding hydrogens is 382 g/mol. The number of nitrogens with zero attached hydrogens (tertiary/aromatic N) is 2. The number of hydrogen-bond donors (Lipinski definition) is 0. The van der Waals surface area contributed by atoms with Gasteiger partial charge in [-0.3, -0.25) is 4.79 Å². The summed E-state index contributed by atoms with van der Waals surface area (Å²) in [4.78, 5) is 17.3. The zero-order valence-electron chi connectivity index (χ0n) is 18.3. The van der Waals surface area contributed by atoms with Crippen LogP contribution < -0.4 is 0 Å². The average Bonchev–Trinajstić information content (AvgIpc) is 3.10. The maximum Gasteiger partial charge on any atom is 0.261 e. The molecule has 1 saturated heterocycles. The lowest BCUT2D eigenvalue weighted by Crippen LogP contribution is -2.43. The highest BCUT2D eigenvalue weighted by molar-refractivity contribution is 5.96. The maximum atomic E-state index is 14.3. The van der Waals surface area contributed by atoms with Gasteiger partial charge in [0, 0.05) is 17.7 Å². The lowest BCUT2D eigenvalue weighted by Gasteiger charge is -2.38. The SMILES string of the molecule is C/C=C(\C=C/C1=CC2(CCN(CCC)CC2)CN1C(=O)c1cccc(F)c1F)CC. The van der Waals surface area contributed by atoms with Crippen LogP contribution in [0.3, 0.4) is 0 Å². The molecule has 162 valence electrons. The summed E-state index contributed by atoms with van der Waals surface area (Å²) in [5.41, 5.74) is 1.63. The molecule has 3 nitrogen and oxygen atoms in total. The van der Waals surface area contributed by atoms with Crippen LogP contribution in [0.15, 0.2) is 53.8 Å². The van der Waals surface area contributed by atoms with Crippen LogP contribution >= 0.6 is 0 Å². The fourth-order valence-electron chi connectivity index (χ4n) is 4.44. The Bertz CT molecular complexity index is 864. The summed E-state index contributed by atoms with van der Waals surface area (Å²) >= 11 is 0. The Hall–Kier alpha value is -2.27. The van der Waals surface area contributed by atoms with E-state index in [1.807, 2.05) is 25.2 Å². The highest BCUT2D eigenvalue weighted by atomic mass is 19.2. The van der Waals surface area contributed by atoms with Gasteiger partial charge in [-0.15, -0.1) is 0 Å². The lowest BCUT2D eigenvalue weighted by molar-refractivity contribution is 0.0737. The van der Waals surface area contributed by atoms with Gasteiger partial charge in [0.1, 0.15) is 0 Å². The third kappa shape index (κ3) is 4.72. The first-order valence-electron chi connectivity index (χ1n) is 11.0. The summed E-state index contributed by atoms with van der Waals surface area (Å²) in [6.07, 6.45) is 12.1. The van der Waals surface area contributed by atoms with Crippen LogP contribution in [0.2, 0.25) is 0 Å². The molecule has 0 aliphatic carbocycles. The Morgan fingerprint density at radius 3 is 2.57 bits per heavy atom. The second-order valence-corrected chi connectivity index (χ2v) is 8.32. The fourth-order valence-corrected chi connectivity index (χ4v) is 4.44. The number of halogens is 2. The highest BCUT2D eigenvalue weighted by Crippen LogP contribution is 2.42. The van der Waals surface area contributed by atoms with E-state index in [0.717, 1.165) is 57.1 Å². The zero-order valence-corrected chi connectivity index (χ0v) is 18.3. The summed E-state index contributed by atoms with van der Waals surface area (Å²) in [5.74, 6) is -2.55. The van der Waals surface area contributed by atoms with E-state index >= 15 is 0 Å². The van der Waals surface area contributed by atoms with Gasteiger partial charge in [0.25, 0.3) is 5.91 Å². The van der Waals surface area contributed by atoms with Crippen molar-refractivity contribution in [1.29, 1.82) is 0 Å². The van der Waals surface area contributed by atoms with Gasteiger partial charge in [-0.2, -0.15) is 0 Å². The van der Waals surface area contributed by atoms with Gasteiger partial charge in [-0.05, 0) is 70.5 Å². The van der Waals surface area contributed by atoms with Crippen molar-refractivity contribution in [3.05, 3.63) is 71.0 Å². The van der Waals surface area contributed by atoms with Gasteiger partial charge in [-0.25, -0.2) is 8.78 Å². The minimum Gasteiger partial charge on any atom is -0.308 e. The molecule has 0 saturated carbocycles. The van der Waals surface area contributed by atoms with Crippen molar-refractivity contribution in [2.45, 2.75) is 46.5 Å². The molecule has 0 radical (unpaired) electrons. The Kier molecular flexibility index (Phi) is 7.24. The highest BCUT2D eigenvalue weighted by Gasteiger charge is 2.42. The number of allylic oxidation sites excluding steroid dienone is 4. The molecule has 0 aromatic heterocycles. The van der Waals surface area contributed by atoms with E-state index in [2.05, 4.69) is 24.8 Å². The second-order valence-electron chi connectivity index (χ2n) is 8.32. The topological polar surface area (TPSA) is 23.6 Å². The summed E-state index contributed by atoms with van der Waals surface area (Å²) in [7, 11) is 0. The van der Waals surface area contributed by atoms with Crippen molar-refractivity contribution in [2.75, 3.05) is 26.2 Å². The first-order valence-corrected chi connectivity index (χ1v) is 11.0. The molecule has 30 heavy (non-hydrogen) atoms. The molecule has 5 heteroatoms. The van der Waals surface area contributed by atoms with Crippen LogP contribution in [0.4, 0.5) is 8.78 Å². The Morgan fingerprint density at radius 2 is 1.93 bits per heavy atom. The number of benzene rings is 1. The monoisotopic (exact) mass is 414 g/mol. The number of rotatable bonds is 6. The van der Waals surface area contributed by atoms with Gasteiger partial charge in [-0.1, -0.05) is 43.7 Å². The maximum absolute atomic E-state index is 14.3. The third-order valence-electron chi connectivity index (χ3n) is 6.30.